The van der Waals surface area contributed by atoms with Crippen molar-refractivity contribution in [1.82, 2.24) is 9.55 Å². The predicted octanol–water partition coefficient (Wildman–Crippen LogP) is 1.38. The van der Waals surface area contributed by atoms with Crippen molar-refractivity contribution in [2.24, 2.45) is 5.73 Å². The first-order valence-electron chi connectivity index (χ1n) is 6.58. The normalized spacial score (nSPS) is 11.7. The highest BCUT2D eigenvalue weighted by atomic mass is 32.2. The average Bonchev–Trinajstić information content (AvgIpc) is 2.93. The van der Waals surface area contributed by atoms with Gasteiger partial charge in [0.25, 0.3) is 0 Å². The van der Waals surface area contributed by atoms with Gasteiger partial charge in [-0.3, -0.25) is 0 Å². The molecule has 0 saturated carbocycles. The lowest BCUT2D eigenvalue weighted by molar-refractivity contribution is 0.586. The van der Waals surface area contributed by atoms with E-state index >= 15 is 0 Å². The van der Waals surface area contributed by atoms with Crippen LogP contribution in [0.1, 0.15) is 18.3 Å². The Morgan fingerprint density at radius 2 is 1.95 bits per heavy atom. The molecule has 6 heteroatoms. The van der Waals surface area contributed by atoms with Crippen LogP contribution < -0.4 is 5.73 Å². The molecule has 0 bridgehead atoms. The van der Waals surface area contributed by atoms with Gasteiger partial charge in [0, 0.05) is 31.9 Å². The Morgan fingerprint density at radius 1 is 1.25 bits per heavy atom. The first kappa shape index (κ1) is 14.7. The number of rotatable bonds is 6. The van der Waals surface area contributed by atoms with E-state index in [0.29, 0.717) is 18.0 Å². The lowest BCUT2D eigenvalue weighted by Gasteiger charge is -2.08. The quantitative estimate of drug-likeness (QED) is 0.872. The number of nitrogens with two attached hydrogens (primary N) is 1. The van der Waals surface area contributed by atoms with Crippen LogP contribution in [0.2, 0.25) is 0 Å². The summed E-state index contributed by atoms with van der Waals surface area (Å²) >= 11 is 0. The summed E-state index contributed by atoms with van der Waals surface area (Å²) in [5.74, 6) is 0.969. The molecular weight excluding hydrogens is 274 g/mol. The molecule has 0 saturated heterocycles. The van der Waals surface area contributed by atoms with E-state index < -0.39 is 9.84 Å². The number of aromatic nitrogens is 2. The summed E-state index contributed by atoms with van der Waals surface area (Å²) in [5, 5.41) is 0. The number of benzene rings is 1. The van der Waals surface area contributed by atoms with Crippen LogP contribution in [0.15, 0.2) is 41.6 Å². The second-order valence-electron chi connectivity index (χ2n) is 4.56. The third kappa shape index (κ3) is 3.26. The van der Waals surface area contributed by atoms with Gasteiger partial charge in [-0.05, 0) is 17.7 Å². The average molecular weight is 293 g/mol. The van der Waals surface area contributed by atoms with E-state index in [9.17, 15) is 8.42 Å². The van der Waals surface area contributed by atoms with Crippen molar-refractivity contribution in [2.45, 2.75) is 31.3 Å². The Balaban J connectivity index is 2.10. The summed E-state index contributed by atoms with van der Waals surface area (Å²) in [6.07, 6.45) is 4.30. The van der Waals surface area contributed by atoms with E-state index in [1.807, 2.05) is 17.7 Å². The van der Waals surface area contributed by atoms with Gasteiger partial charge < -0.3 is 10.3 Å². The summed E-state index contributed by atoms with van der Waals surface area (Å²) in [4.78, 5) is 4.53. The maximum Gasteiger partial charge on any atom is 0.180 e. The van der Waals surface area contributed by atoms with Crippen LogP contribution in [0.5, 0.6) is 0 Å². The fourth-order valence-corrected chi connectivity index (χ4v) is 3.25. The SMILES string of the molecule is CCc1nccn1CCS(=O)(=O)c1ccc(CN)cc1. The van der Waals surface area contributed by atoms with Crippen molar-refractivity contribution in [3.63, 3.8) is 0 Å². The van der Waals surface area contributed by atoms with Crippen molar-refractivity contribution >= 4 is 9.84 Å². The Bertz CT molecular complexity index is 660. The highest BCUT2D eigenvalue weighted by Gasteiger charge is 2.15. The predicted molar refractivity (Wildman–Crippen MR) is 78.0 cm³/mol. The van der Waals surface area contributed by atoms with E-state index in [-0.39, 0.29) is 5.75 Å². The van der Waals surface area contributed by atoms with Crippen LogP contribution in [0.4, 0.5) is 0 Å². The molecular formula is C14H19N3O2S. The van der Waals surface area contributed by atoms with Crippen LogP contribution in [-0.2, 0) is 29.3 Å². The van der Waals surface area contributed by atoms with E-state index in [0.717, 1.165) is 17.8 Å². The monoisotopic (exact) mass is 293 g/mol. The topological polar surface area (TPSA) is 78.0 Å². The maximum absolute atomic E-state index is 12.3. The number of aryl methyl sites for hydroxylation is 2. The number of sulfone groups is 1. The summed E-state index contributed by atoms with van der Waals surface area (Å²) in [6.45, 7) is 2.83. The standard InChI is InChI=1S/C14H19N3O2S/c1-2-14-16-7-8-17(14)9-10-20(18,19)13-5-3-12(11-15)4-6-13/h3-8H,2,9-11,15H2,1H3. The molecule has 20 heavy (non-hydrogen) atoms. The fourth-order valence-electron chi connectivity index (χ4n) is 2.03. The van der Waals surface area contributed by atoms with Crippen LogP contribution in [0.3, 0.4) is 0 Å². The minimum atomic E-state index is -3.28. The maximum atomic E-state index is 12.3. The molecule has 0 amide bonds. The summed E-state index contributed by atoms with van der Waals surface area (Å²) < 4.78 is 26.4. The van der Waals surface area contributed by atoms with E-state index in [2.05, 4.69) is 4.98 Å². The molecule has 1 aromatic carbocycles. The third-order valence-electron chi connectivity index (χ3n) is 3.24. The molecule has 108 valence electrons. The number of hydrogen-bond donors (Lipinski definition) is 1. The van der Waals surface area contributed by atoms with Gasteiger partial charge in [-0.25, -0.2) is 13.4 Å². The van der Waals surface area contributed by atoms with Crippen molar-refractivity contribution in [2.75, 3.05) is 5.75 Å². The Kier molecular flexibility index (Phi) is 4.57. The van der Waals surface area contributed by atoms with Gasteiger partial charge >= 0.3 is 0 Å². The molecule has 2 N–H and O–H groups in total. The lowest BCUT2D eigenvalue weighted by Crippen LogP contribution is -2.14. The smallest absolute Gasteiger partial charge is 0.180 e. The zero-order valence-corrected chi connectivity index (χ0v) is 12.3. The van der Waals surface area contributed by atoms with Crippen LogP contribution >= 0.6 is 0 Å². The molecule has 1 heterocycles. The summed E-state index contributed by atoms with van der Waals surface area (Å²) in [7, 11) is -3.28. The molecule has 0 radical (unpaired) electrons. The first-order chi connectivity index (χ1) is 9.56. The van der Waals surface area contributed by atoms with Crippen molar-refractivity contribution < 1.29 is 8.42 Å². The van der Waals surface area contributed by atoms with Crippen molar-refractivity contribution in [3.05, 3.63) is 48.0 Å². The minimum Gasteiger partial charge on any atom is -0.334 e. The highest BCUT2D eigenvalue weighted by molar-refractivity contribution is 7.91. The highest BCUT2D eigenvalue weighted by Crippen LogP contribution is 2.13. The molecule has 2 aromatic rings. The second kappa shape index (κ2) is 6.19. The fraction of sp³-hybridized carbons (Fsp3) is 0.357. The molecule has 0 aliphatic rings. The zero-order valence-electron chi connectivity index (χ0n) is 11.5. The lowest BCUT2D eigenvalue weighted by atomic mass is 10.2. The molecule has 2 rings (SSSR count). The van der Waals surface area contributed by atoms with Crippen molar-refractivity contribution in [1.29, 1.82) is 0 Å². The van der Waals surface area contributed by atoms with E-state index in [1.165, 1.54) is 0 Å². The molecule has 0 spiro atoms. The zero-order chi connectivity index (χ0) is 14.6. The van der Waals surface area contributed by atoms with Crippen LogP contribution in [-0.4, -0.2) is 23.7 Å². The van der Waals surface area contributed by atoms with Gasteiger partial charge in [-0.2, -0.15) is 0 Å². The molecule has 0 atom stereocenters. The molecule has 0 aliphatic carbocycles. The minimum absolute atomic E-state index is 0.0678. The number of hydrogen-bond acceptors (Lipinski definition) is 4. The number of imidazole rings is 1. The van der Waals surface area contributed by atoms with Gasteiger partial charge in [0.1, 0.15) is 5.82 Å². The Labute approximate surface area is 119 Å². The van der Waals surface area contributed by atoms with Gasteiger partial charge in [0.2, 0.25) is 0 Å². The van der Waals surface area contributed by atoms with Gasteiger partial charge in [-0.1, -0.05) is 19.1 Å². The van der Waals surface area contributed by atoms with Crippen LogP contribution in [0, 0.1) is 0 Å². The molecule has 0 aliphatic heterocycles. The Morgan fingerprint density at radius 3 is 2.55 bits per heavy atom. The largest absolute Gasteiger partial charge is 0.334 e. The van der Waals surface area contributed by atoms with Crippen molar-refractivity contribution in [3.8, 4) is 0 Å². The summed E-state index contributed by atoms with van der Waals surface area (Å²) in [5.41, 5.74) is 6.43. The second-order valence-corrected chi connectivity index (χ2v) is 6.67. The Hall–Kier alpha value is -1.66. The molecule has 1 aromatic heterocycles. The van der Waals surface area contributed by atoms with E-state index in [1.54, 1.807) is 30.5 Å². The van der Waals surface area contributed by atoms with Crippen LogP contribution in [0.25, 0.3) is 0 Å². The van der Waals surface area contributed by atoms with Gasteiger partial charge in [-0.15, -0.1) is 0 Å². The number of nitrogens with zero attached hydrogens (tertiary/aromatic N) is 2. The van der Waals surface area contributed by atoms with Gasteiger partial charge in [0.15, 0.2) is 9.84 Å². The van der Waals surface area contributed by atoms with E-state index in [4.69, 9.17) is 5.73 Å². The first-order valence-corrected chi connectivity index (χ1v) is 8.24. The molecule has 0 fully saturated rings. The summed E-state index contributed by atoms with van der Waals surface area (Å²) in [6, 6.07) is 6.74. The molecule has 0 unspecified atom stereocenters. The third-order valence-corrected chi connectivity index (χ3v) is 4.95. The van der Waals surface area contributed by atoms with Gasteiger partial charge in [0.05, 0.1) is 10.6 Å². The molecule has 5 nitrogen and oxygen atoms in total.